The number of hydrogen-bond acceptors (Lipinski definition) is 4. The van der Waals surface area contributed by atoms with Crippen molar-refractivity contribution in [2.75, 3.05) is 32.8 Å². The Kier molecular flexibility index (Phi) is 6.38. The third-order valence-electron chi connectivity index (χ3n) is 4.92. The molecule has 0 spiro atoms. The lowest BCUT2D eigenvalue weighted by Crippen LogP contribution is -2.36. The van der Waals surface area contributed by atoms with E-state index in [1.54, 1.807) is 12.3 Å². The maximum atomic E-state index is 13.0. The van der Waals surface area contributed by atoms with Crippen molar-refractivity contribution in [1.82, 2.24) is 14.7 Å². The van der Waals surface area contributed by atoms with Gasteiger partial charge in [-0.3, -0.25) is 9.58 Å². The van der Waals surface area contributed by atoms with Crippen LogP contribution in [0.3, 0.4) is 0 Å². The van der Waals surface area contributed by atoms with E-state index in [1.807, 2.05) is 10.7 Å². The Hall–Kier alpha value is -2.06. The number of hydrogen-bond donors (Lipinski definition) is 1. The van der Waals surface area contributed by atoms with E-state index in [2.05, 4.69) is 10.00 Å². The quantitative estimate of drug-likeness (QED) is 0.798. The number of likely N-dealkylation sites (tertiary alicyclic amines) is 1. The first-order valence-electron chi connectivity index (χ1n) is 9.13. The molecule has 2 aromatic rings. The predicted molar refractivity (Wildman–Crippen MR) is 94.7 cm³/mol. The molecular formula is C19H24F3N3O2. The van der Waals surface area contributed by atoms with Crippen molar-refractivity contribution in [2.24, 2.45) is 0 Å². The van der Waals surface area contributed by atoms with Crippen LogP contribution in [-0.4, -0.2) is 52.6 Å². The van der Waals surface area contributed by atoms with Gasteiger partial charge in [0.05, 0.1) is 18.7 Å². The van der Waals surface area contributed by atoms with Crippen LogP contribution in [0.15, 0.2) is 36.5 Å². The fourth-order valence-corrected chi connectivity index (χ4v) is 3.53. The molecule has 0 aliphatic carbocycles. The molecule has 0 unspecified atom stereocenters. The van der Waals surface area contributed by atoms with Crippen LogP contribution in [0.4, 0.5) is 13.2 Å². The smallest absolute Gasteiger partial charge is 0.419 e. The van der Waals surface area contributed by atoms with Gasteiger partial charge in [0.15, 0.2) is 0 Å². The van der Waals surface area contributed by atoms with Crippen LogP contribution in [0.1, 0.15) is 30.0 Å². The molecule has 5 nitrogen and oxygen atoms in total. The summed E-state index contributed by atoms with van der Waals surface area (Å²) in [6.07, 6.45) is -0.748. The van der Waals surface area contributed by atoms with Gasteiger partial charge >= 0.3 is 6.18 Å². The van der Waals surface area contributed by atoms with Gasteiger partial charge < -0.3 is 9.84 Å². The second-order valence-corrected chi connectivity index (χ2v) is 6.66. The molecule has 3 rings (SSSR count). The van der Waals surface area contributed by atoms with Crippen molar-refractivity contribution in [3.63, 3.8) is 0 Å². The number of rotatable bonds is 7. The van der Waals surface area contributed by atoms with Crippen molar-refractivity contribution in [1.29, 1.82) is 0 Å². The third kappa shape index (κ3) is 5.01. The molecule has 1 aromatic heterocycles. The Morgan fingerprint density at radius 3 is 2.56 bits per heavy atom. The molecule has 1 saturated heterocycles. The van der Waals surface area contributed by atoms with Gasteiger partial charge in [-0.15, -0.1) is 0 Å². The standard InChI is InChI=1S/C19H24F3N3O2/c20-19(21,22)16-3-1-2-4-18(16)27-14-12-24-9-6-15(7-10-24)17-5-8-23-25(17)11-13-26/h1-5,8,15,26H,6-7,9-14H2. The molecule has 148 valence electrons. The van der Waals surface area contributed by atoms with E-state index in [1.165, 1.54) is 12.1 Å². The van der Waals surface area contributed by atoms with E-state index in [-0.39, 0.29) is 19.0 Å². The Balaban J connectivity index is 1.47. The summed E-state index contributed by atoms with van der Waals surface area (Å²) in [5, 5.41) is 13.4. The summed E-state index contributed by atoms with van der Waals surface area (Å²) in [6.45, 7) is 3.09. The topological polar surface area (TPSA) is 50.5 Å². The molecule has 0 radical (unpaired) electrons. The van der Waals surface area contributed by atoms with Crippen molar-refractivity contribution < 1.29 is 23.0 Å². The van der Waals surface area contributed by atoms with E-state index in [0.29, 0.717) is 19.0 Å². The first kappa shape index (κ1) is 19.7. The molecule has 27 heavy (non-hydrogen) atoms. The first-order valence-corrected chi connectivity index (χ1v) is 9.13. The molecule has 1 aliphatic heterocycles. The van der Waals surface area contributed by atoms with Gasteiger partial charge in [0.1, 0.15) is 12.4 Å². The zero-order valence-corrected chi connectivity index (χ0v) is 15.0. The lowest BCUT2D eigenvalue weighted by Gasteiger charge is -2.32. The zero-order chi connectivity index (χ0) is 19.3. The zero-order valence-electron chi connectivity index (χ0n) is 15.0. The maximum absolute atomic E-state index is 13.0. The van der Waals surface area contributed by atoms with Crippen LogP contribution in [-0.2, 0) is 12.7 Å². The number of halogens is 3. The summed E-state index contributed by atoms with van der Waals surface area (Å²) in [4.78, 5) is 2.21. The predicted octanol–water partition coefficient (Wildman–Crippen LogP) is 3.15. The summed E-state index contributed by atoms with van der Waals surface area (Å²) >= 11 is 0. The van der Waals surface area contributed by atoms with Gasteiger partial charge in [0.2, 0.25) is 0 Å². The van der Waals surface area contributed by atoms with Gasteiger partial charge in [0.25, 0.3) is 0 Å². The Morgan fingerprint density at radius 2 is 1.85 bits per heavy atom. The van der Waals surface area contributed by atoms with E-state index in [0.717, 1.165) is 37.7 Å². The molecule has 1 N–H and O–H groups in total. The Labute approximate surface area is 156 Å². The average molecular weight is 383 g/mol. The summed E-state index contributed by atoms with van der Waals surface area (Å²) in [5.74, 6) is 0.273. The highest BCUT2D eigenvalue weighted by Gasteiger charge is 2.34. The number of alkyl halides is 3. The average Bonchev–Trinajstić information content (AvgIpc) is 3.10. The van der Waals surface area contributed by atoms with Gasteiger partial charge in [-0.2, -0.15) is 18.3 Å². The Morgan fingerprint density at radius 1 is 1.11 bits per heavy atom. The van der Waals surface area contributed by atoms with Gasteiger partial charge in [-0.05, 0) is 44.1 Å². The van der Waals surface area contributed by atoms with Crippen molar-refractivity contribution in [3.05, 3.63) is 47.8 Å². The van der Waals surface area contributed by atoms with E-state index >= 15 is 0 Å². The fourth-order valence-electron chi connectivity index (χ4n) is 3.53. The van der Waals surface area contributed by atoms with Crippen LogP contribution in [0, 0.1) is 0 Å². The second kappa shape index (κ2) is 8.75. The first-order chi connectivity index (χ1) is 13.0. The van der Waals surface area contributed by atoms with Gasteiger partial charge in [-0.1, -0.05) is 12.1 Å². The van der Waals surface area contributed by atoms with Crippen molar-refractivity contribution >= 4 is 0 Å². The summed E-state index contributed by atoms with van der Waals surface area (Å²) in [5.41, 5.74) is 0.403. The van der Waals surface area contributed by atoms with Crippen LogP contribution in [0.5, 0.6) is 5.75 Å². The molecular weight excluding hydrogens is 359 g/mol. The van der Waals surface area contributed by atoms with Gasteiger partial charge in [0, 0.05) is 24.4 Å². The number of piperidine rings is 1. The highest BCUT2D eigenvalue weighted by Crippen LogP contribution is 2.36. The number of ether oxygens (including phenoxy) is 1. The maximum Gasteiger partial charge on any atom is 0.419 e. The number of nitrogens with zero attached hydrogens (tertiary/aromatic N) is 3. The highest BCUT2D eigenvalue weighted by molar-refractivity contribution is 5.35. The van der Waals surface area contributed by atoms with Gasteiger partial charge in [-0.25, -0.2) is 0 Å². The highest BCUT2D eigenvalue weighted by atomic mass is 19.4. The molecule has 0 saturated carbocycles. The lowest BCUT2D eigenvalue weighted by molar-refractivity contribution is -0.139. The van der Waals surface area contributed by atoms with E-state index in [9.17, 15) is 13.2 Å². The normalized spacial score (nSPS) is 16.6. The summed E-state index contributed by atoms with van der Waals surface area (Å²) in [7, 11) is 0. The van der Waals surface area contributed by atoms with E-state index < -0.39 is 11.7 Å². The fraction of sp³-hybridized carbons (Fsp3) is 0.526. The Bertz CT molecular complexity index is 725. The van der Waals surface area contributed by atoms with Crippen LogP contribution in [0.25, 0.3) is 0 Å². The third-order valence-corrected chi connectivity index (χ3v) is 4.92. The van der Waals surface area contributed by atoms with Crippen LogP contribution in [0.2, 0.25) is 0 Å². The molecule has 8 heteroatoms. The molecule has 0 bridgehead atoms. The lowest BCUT2D eigenvalue weighted by atomic mass is 9.93. The van der Waals surface area contributed by atoms with Crippen LogP contribution >= 0.6 is 0 Å². The number of aliphatic hydroxyl groups excluding tert-OH is 1. The number of para-hydroxylation sites is 1. The second-order valence-electron chi connectivity index (χ2n) is 6.66. The largest absolute Gasteiger partial charge is 0.492 e. The van der Waals surface area contributed by atoms with E-state index in [4.69, 9.17) is 9.84 Å². The summed E-state index contributed by atoms with van der Waals surface area (Å²) < 4.78 is 46.2. The SMILES string of the molecule is OCCn1nccc1C1CCN(CCOc2ccccc2C(F)(F)F)CC1. The van der Waals surface area contributed by atoms with Crippen molar-refractivity contribution in [3.8, 4) is 5.75 Å². The minimum absolute atomic E-state index is 0.0598. The minimum atomic E-state index is -4.41. The van der Waals surface area contributed by atoms with Crippen LogP contribution < -0.4 is 4.74 Å². The number of aromatic nitrogens is 2. The minimum Gasteiger partial charge on any atom is -0.492 e. The molecule has 2 heterocycles. The molecule has 1 aliphatic rings. The monoisotopic (exact) mass is 383 g/mol. The van der Waals surface area contributed by atoms with Crippen molar-refractivity contribution in [2.45, 2.75) is 31.5 Å². The molecule has 0 atom stereocenters. The number of benzene rings is 1. The summed E-state index contributed by atoms with van der Waals surface area (Å²) in [6, 6.07) is 7.30. The molecule has 1 aromatic carbocycles. The molecule has 0 amide bonds. The number of aliphatic hydroxyl groups is 1. The molecule has 1 fully saturated rings.